The minimum absolute atomic E-state index is 0.0164. The Bertz CT molecular complexity index is 1010. The van der Waals surface area contributed by atoms with Crippen molar-refractivity contribution in [3.8, 4) is 16.5 Å². The van der Waals surface area contributed by atoms with E-state index < -0.39 is 0 Å². The predicted molar refractivity (Wildman–Crippen MR) is 116 cm³/mol. The molecule has 148 valence electrons. The third-order valence-corrected chi connectivity index (χ3v) is 5.90. The quantitative estimate of drug-likeness (QED) is 0.600. The second-order valence-corrected chi connectivity index (χ2v) is 7.99. The number of nitrogens with two attached hydrogens (primary N) is 1. The molecule has 1 unspecified atom stereocenters. The Morgan fingerprint density at radius 1 is 1.24 bits per heavy atom. The van der Waals surface area contributed by atoms with E-state index in [9.17, 15) is 4.79 Å². The van der Waals surface area contributed by atoms with E-state index in [0.717, 1.165) is 33.1 Å². The van der Waals surface area contributed by atoms with E-state index in [2.05, 4.69) is 16.4 Å². The van der Waals surface area contributed by atoms with Crippen molar-refractivity contribution in [2.24, 2.45) is 5.73 Å². The molecule has 0 spiro atoms. The van der Waals surface area contributed by atoms with E-state index in [0.29, 0.717) is 24.9 Å². The molecule has 0 aliphatic carbocycles. The summed E-state index contributed by atoms with van der Waals surface area (Å²) in [6, 6.07) is 19.6. The first kappa shape index (κ1) is 20.7. The van der Waals surface area contributed by atoms with Gasteiger partial charge in [-0.3, -0.25) is 4.79 Å². The van der Waals surface area contributed by atoms with Gasteiger partial charge in [-0.25, -0.2) is 4.98 Å². The number of nitrogens with zero attached hydrogens (tertiary/aromatic N) is 2. The van der Waals surface area contributed by atoms with Crippen LogP contribution >= 0.6 is 11.3 Å². The van der Waals surface area contributed by atoms with Gasteiger partial charge in [-0.15, -0.1) is 11.3 Å². The average Bonchev–Trinajstić information content (AvgIpc) is 3.13. The Morgan fingerprint density at radius 2 is 2.03 bits per heavy atom. The van der Waals surface area contributed by atoms with Crippen LogP contribution in [0.25, 0.3) is 10.4 Å². The van der Waals surface area contributed by atoms with Gasteiger partial charge in [0.2, 0.25) is 5.91 Å². The molecule has 29 heavy (non-hydrogen) atoms. The van der Waals surface area contributed by atoms with Crippen molar-refractivity contribution in [2.45, 2.75) is 32.2 Å². The van der Waals surface area contributed by atoms with Crippen molar-refractivity contribution in [3.63, 3.8) is 0 Å². The topological polar surface area (TPSA) is 91.8 Å². The zero-order chi connectivity index (χ0) is 20.6. The molecule has 3 N–H and O–H groups in total. The number of hydrogen-bond donors (Lipinski definition) is 2. The smallest absolute Gasteiger partial charge is 0.220 e. The summed E-state index contributed by atoms with van der Waals surface area (Å²) in [5, 5.41) is 13.0. The van der Waals surface area contributed by atoms with Crippen molar-refractivity contribution in [3.05, 3.63) is 76.4 Å². The van der Waals surface area contributed by atoms with E-state index in [1.165, 1.54) is 0 Å². The van der Waals surface area contributed by atoms with E-state index in [1.807, 2.05) is 55.5 Å². The lowest BCUT2D eigenvalue weighted by molar-refractivity contribution is -0.121. The molecule has 0 radical (unpaired) electrons. The van der Waals surface area contributed by atoms with Crippen LogP contribution in [0.1, 0.15) is 28.2 Å². The Labute approximate surface area is 175 Å². The maximum Gasteiger partial charge on any atom is 0.220 e. The number of carbonyl (C=O) groups excluding carboxylic acids is 1. The Kier molecular flexibility index (Phi) is 7.12. The van der Waals surface area contributed by atoms with E-state index in [1.54, 1.807) is 17.4 Å². The van der Waals surface area contributed by atoms with Gasteiger partial charge < -0.3 is 11.1 Å². The number of hydrogen-bond acceptors (Lipinski definition) is 5. The highest BCUT2D eigenvalue weighted by molar-refractivity contribution is 7.15. The molecule has 0 saturated heterocycles. The second-order valence-electron chi connectivity index (χ2n) is 6.90. The number of aryl methyl sites for hydroxylation is 2. The van der Waals surface area contributed by atoms with Gasteiger partial charge in [0.15, 0.2) is 0 Å². The number of aromatic nitrogens is 1. The molecule has 0 aliphatic rings. The lowest BCUT2D eigenvalue weighted by atomic mass is 10.1. The third-order valence-electron chi connectivity index (χ3n) is 4.64. The fourth-order valence-corrected chi connectivity index (χ4v) is 4.23. The zero-order valence-corrected chi connectivity index (χ0v) is 17.2. The monoisotopic (exact) mass is 404 g/mol. The molecule has 0 saturated carbocycles. The molecule has 1 aromatic heterocycles. The molecule has 6 heteroatoms. The van der Waals surface area contributed by atoms with Gasteiger partial charge in [0.05, 0.1) is 27.2 Å². The van der Waals surface area contributed by atoms with Crippen LogP contribution < -0.4 is 11.1 Å². The van der Waals surface area contributed by atoms with Gasteiger partial charge in [0, 0.05) is 25.4 Å². The Morgan fingerprint density at radius 3 is 2.76 bits per heavy atom. The molecule has 0 aliphatic heterocycles. The van der Waals surface area contributed by atoms with Crippen LogP contribution in [0.15, 0.2) is 54.6 Å². The van der Waals surface area contributed by atoms with Gasteiger partial charge in [0.25, 0.3) is 0 Å². The summed E-state index contributed by atoms with van der Waals surface area (Å²) in [6.07, 6.45) is 1.67. The average molecular weight is 405 g/mol. The Hall–Kier alpha value is -3.01. The van der Waals surface area contributed by atoms with E-state index in [-0.39, 0.29) is 11.9 Å². The zero-order valence-electron chi connectivity index (χ0n) is 16.4. The number of rotatable bonds is 8. The summed E-state index contributed by atoms with van der Waals surface area (Å²) in [7, 11) is 0. The molecule has 0 fully saturated rings. The summed E-state index contributed by atoms with van der Waals surface area (Å²) in [5.74, 6) is -0.0164. The van der Waals surface area contributed by atoms with Crippen molar-refractivity contribution >= 4 is 17.2 Å². The maximum atomic E-state index is 12.4. The number of thiazole rings is 1. The van der Waals surface area contributed by atoms with Crippen molar-refractivity contribution in [1.82, 2.24) is 10.3 Å². The van der Waals surface area contributed by atoms with Crippen molar-refractivity contribution in [2.75, 3.05) is 6.54 Å². The highest BCUT2D eigenvalue weighted by Crippen LogP contribution is 2.31. The summed E-state index contributed by atoms with van der Waals surface area (Å²) in [4.78, 5) is 18.1. The Balaban J connectivity index is 1.58. The molecule has 0 bridgehead atoms. The molecular weight excluding hydrogens is 380 g/mol. The normalized spacial score (nSPS) is 11.6. The molecule has 1 atom stereocenters. The number of amides is 1. The van der Waals surface area contributed by atoms with Crippen LogP contribution in [0.4, 0.5) is 0 Å². The van der Waals surface area contributed by atoms with Crippen LogP contribution in [0.3, 0.4) is 0 Å². The van der Waals surface area contributed by atoms with Gasteiger partial charge in [-0.05, 0) is 36.6 Å². The van der Waals surface area contributed by atoms with Crippen molar-refractivity contribution < 1.29 is 4.79 Å². The summed E-state index contributed by atoms with van der Waals surface area (Å²) >= 11 is 1.58. The predicted octanol–water partition coefficient (Wildman–Crippen LogP) is 3.61. The van der Waals surface area contributed by atoms with Gasteiger partial charge in [-0.1, -0.05) is 42.5 Å². The minimum atomic E-state index is -0.0767. The first-order valence-electron chi connectivity index (χ1n) is 9.59. The molecular formula is C23H24N4OS. The second kappa shape index (κ2) is 9.97. The number of nitriles is 1. The van der Waals surface area contributed by atoms with Crippen molar-refractivity contribution in [1.29, 1.82) is 5.26 Å². The van der Waals surface area contributed by atoms with Gasteiger partial charge >= 0.3 is 0 Å². The minimum Gasteiger partial charge on any atom is -0.352 e. The maximum absolute atomic E-state index is 12.4. The van der Waals surface area contributed by atoms with Crippen LogP contribution in [0.5, 0.6) is 0 Å². The standard InChI is InChI=1S/C23H24N4OS/c1-16-23(19-9-5-8-18(12-19)14-24)29-22(26-16)11-10-21(28)27-20(15-25)13-17-6-3-2-4-7-17/h2-9,12,20H,10-11,13,15,25H2,1H3,(H,27,28). The number of carbonyl (C=O) groups is 1. The molecule has 1 amide bonds. The number of benzene rings is 2. The highest BCUT2D eigenvalue weighted by atomic mass is 32.1. The molecule has 1 heterocycles. The van der Waals surface area contributed by atoms with Gasteiger partial charge in [-0.2, -0.15) is 5.26 Å². The summed E-state index contributed by atoms with van der Waals surface area (Å²) < 4.78 is 0. The lowest BCUT2D eigenvalue weighted by Gasteiger charge is -2.16. The molecule has 5 nitrogen and oxygen atoms in total. The molecule has 3 aromatic rings. The largest absolute Gasteiger partial charge is 0.352 e. The molecule has 2 aromatic carbocycles. The first-order valence-corrected chi connectivity index (χ1v) is 10.4. The lowest BCUT2D eigenvalue weighted by Crippen LogP contribution is -2.41. The van der Waals surface area contributed by atoms with Crippen LogP contribution in [0, 0.1) is 18.3 Å². The fourth-order valence-electron chi connectivity index (χ4n) is 3.17. The van der Waals surface area contributed by atoms with E-state index >= 15 is 0 Å². The molecule has 3 rings (SSSR count). The first-order chi connectivity index (χ1) is 14.1. The van der Waals surface area contributed by atoms with Crippen LogP contribution in [0.2, 0.25) is 0 Å². The third kappa shape index (κ3) is 5.74. The summed E-state index contributed by atoms with van der Waals surface area (Å²) in [5.41, 5.74) is 9.53. The van der Waals surface area contributed by atoms with Crippen LogP contribution in [-0.2, 0) is 17.6 Å². The highest BCUT2D eigenvalue weighted by Gasteiger charge is 2.14. The summed E-state index contributed by atoms with van der Waals surface area (Å²) in [6.45, 7) is 2.36. The van der Waals surface area contributed by atoms with E-state index in [4.69, 9.17) is 11.0 Å². The SMILES string of the molecule is Cc1nc(CCC(=O)NC(CN)Cc2ccccc2)sc1-c1cccc(C#N)c1. The van der Waals surface area contributed by atoms with Crippen LogP contribution in [-0.4, -0.2) is 23.5 Å². The fraction of sp³-hybridized carbons (Fsp3) is 0.261. The number of nitrogens with one attached hydrogen (secondary N) is 1. The van der Waals surface area contributed by atoms with Gasteiger partial charge in [0.1, 0.15) is 0 Å².